The van der Waals surface area contributed by atoms with Crippen LogP contribution in [0.2, 0.25) is 0 Å². The standard InChI is InChI=1S/C16H18N4O/c1-10(14-9-18-20(3)11(14)2)19-16(21)13-5-4-6-15-12(13)7-8-17-15/h4-10,17H,1-3H3,(H,19,21). The third-order valence-corrected chi connectivity index (χ3v) is 3.93. The van der Waals surface area contributed by atoms with Crippen molar-refractivity contribution in [3.05, 3.63) is 53.5 Å². The third kappa shape index (κ3) is 2.31. The first-order valence-corrected chi connectivity index (χ1v) is 6.93. The van der Waals surface area contributed by atoms with Crippen molar-refractivity contribution in [2.45, 2.75) is 19.9 Å². The molecule has 0 aliphatic carbocycles. The van der Waals surface area contributed by atoms with E-state index < -0.39 is 0 Å². The van der Waals surface area contributed by atoms with Gasteiger partial charge in [0.25, 0.3) is 5.91 Å². The van der Waals surface area contributed by atoms with Crippen molar-refractivity contribution in [3.8, 4) is 0 Å². The first kappa shape index (κ1) is 13.4. The minimum atomic E-state index is -0.0830. The van der Waals surface area contributed by atoms with Gasteiger partial charge in [-0.15, -0.1) is 0 Å². The van der Waals surface area contributed by atoms with Crippen LogP contribution < -0.4 is 5.32 Å². The monoisotopic (exact) mass is 282 g/mol. The van der Waals surface area contributed by atoms with Crippen LogP contribution in [0.3, 0.4) is 0 Å². The van der Waals surface area contributed by atoms with Gasteiger partial charge in [-0.25, -0.2) is 0 Å². The van der Waals surface area contributed by atoms with Gasteiger partial charge in [0.1, 0.15) is 0 Å². The molecule has 3 aromatic rings. The summed E-state index contributed by atoms with van der Waals surface area (Å²) in [6.07, 6.45) is 3.65. The van der Waals surface area contributed by atoms with Gasteiger partial charge < -0.3 is 10.3 Å². The van der Waals surface area contributed by atoms with Crippen molar-refractivity contribution in [1.82, 2.24) is 20.1 Å². The van der Waals surface area contributed by atoms with Crippen LogP contribution in [0.1, 0.15) is 34.6 Å². The molecule has 2 heterocycles. The molecule has 1 atom stereocenters. The van der Waals surface area contributed by atoms with E-state index in [1.54, 1.807) is 6.20 Å². The smallest absolute Gasteiger partial charge is 0.252 e. The van der Waals surface area contributed by atoms with E-state index in [-0.39, 0.29) is 11.9 Å². The molecular weight excluding hydrogens is 264 g/mol. The number of carbonyl (C=O) groups is 1. The predicted octanol–water partition coefficient (Wildman–Crippen LogP) is 2.70. The molecule has 0 aliphatic heterocycles. The molecule has 0 saturated carbocycles. The van der Waals surface area contributed by atoms with Gasteiger partial charge in [0, 0.05) is 41.0 Å². The summed E-state index contributed by atoms with van der Waals surface area (Å²) in [6, 6.07) is 7.52. The van der Waals surface area contributed by atoms with Crippen molar-refractivity contribution in [2.75, 3.05) is 0 Å². The van der Waals surface area contributed by atoms with Crippen LogP contribution in [0.4, 0.5) is 0 Å². The molecular formula is C16H18N4O. The zero-order chi connectivity index (χ0) is 15.0. The fraction of sp³-hybridized carbons (Fsp3) is 0.250. The molecule has 1 unspecified atom stereocenters. The Kier molecular flexibility index (Phi) is 3.25. The number of rotatable bonds is 3. The molecule has 3 rings (SSSR count). The number of amides is 1. The van der Waals surface area contributed by atoms with E-state index in [1.807, 2.05) is 56.0 Å². The summed E-state index contributed by atoms with van der Waals surface area (Å²) in [5.74, 6) is -0.0732. The Morgan fingerprint density at radius 1 is 1.38 bits per heavy atom. The average Bonchev–Trinajstić information content (AvgIpc) is 3.06. The van der Waals surface area contributed by atoms with Gasteiger partial charge >= 0.3 is 0 Å². The van der Waals surface area contributed by atoms with E-state index in [1.165, 1.54) is 0 Å². The fourth-order valence-corrected chi connectivity index (χ4v) is 2.58. The maximum absolute atomic E-state index is 12.5. The third-order valence-electron chi connectivity index (χ3n) is 3.93. The van der Waals surface area contributed by atoms with Crippen molar-refractivity contribution in [1.29, 1.82) is 0 Å². The number of carbonyl (C=O) groups excluding carboxylic acids is 1. The maximum atomic E-state index is 12.5. The maximum Gasteiger partial charge on any atom is 0.252 e. The van der Waals surface area contributed by atoms with Crippen LogP contribution in [0.15, 0.2) is 36.7 Å². The van der Waals surface area contributed by atoms with Gasteiger partial charge in [0.15, 0.2) is 0 Å². The Bertz CT molecular complexity index is 800. The van der Waals surface area contributed by atoms with Crippen molar-refractivity contribution in [2.24, 2.45) is 7.05 Å². The summed E-state index contributed by atoms with van der Waals surface area (Å²) in [7, 11) is 1.90. The van der Waals surface area contributed by atoms with Crippen molar-refractivity contribution < 1.29 is 4.79 Å². The minimum absolute atomic E-state index is 0.0732. The minimum Gasteiger partial charge on any atom is -0.361 e. The number of nitrogens with zero attached hydrogens (tertiary/aromatic N) is 2. The topological polar surface area (TPSA) is 62.7 Å². The molecule has 0 saturated heterocycles. The quantitative estimate of drug-likeness (QED) is 0.776. The van der Waals surface area contributed by atoms with E-state index in [0.717, 1.165) is 22.2 Å². The molecule has 0 radical (unpaired) electrons. The Morgan fingerprint density at radius 2 is 2.19 bits per heavy atom. The van der Waals surface area contributed by atoms with Gasteiger partial charge in [-0.3, -0.25) is 9.48 Å². The van der Waals surface area contributed by atoms with Gasteiger partial charge in [-0.2, -0.15) is 5.10 Å². The first-order chi connectivity index (χ1) is 10.1. The van der Waals surface area contributed by atoms with E-state index in [2.05, 4.69) is 15.4 Å². The lowest BCUT2D eigenvalue weighted by molar-refractivity contribution is 0.0941. The average molecular weight is 282 g/mol. The molecule has 0 spiro atoms. The van der Waals surface area contributed by atoms with Gasteiger partial charge in [-0.1, -0.05) is 6.07 Å². The van der Waals surface area contributed by atoms with Crippen LogP contribution in [0.25, 0.3) is 10.9 Å². The zero-order valence-corrected chi connectivity index (χ0v) is 12.3. The highest BCUT2D eigenvalue weighted by Crippen LogP contribution is 2.20. The number of benzene rings is 1. The van der Waals surface area contributed by atoms with Gasteiger partial charge in [0.05, 0.1) is 12.2 Å². The van der Waals surface area contributed by atoms with E-state index >= 15 is 0 Å². The largest absolute Gasteiger partial charge is 0.361 e. The Hall–Kier alpha value is -2.56. The van der Waals surface area contributed by atoms with Crippen LogP contribution in [0.5, 0.6) is 0 Å². The summed E-state index contributed by atoms with van der Waals surface area (Å²) in [6.45, 7) is 3.97. The molecule has 2 N–H and O–H groups in total. The van der Waals surface area contributed by atoms with Crippen LogP contribution >= 0.6 is 0 Å². The highest BCUT2D eigenvalue weighted by atomic mass is 16.1. The number of aromatic nitrogens is 3. The van der Waals surface area contributed by atoms with Crippen molar-refractivity contribution >= 4 is 16.8 Å². The lowest BCUT2D eigenvalue weighted by Gasteiger charge is -2.14. The number of aryl methyl sites for hydroxylation is 1. The van der Waals surface area contributed by atoms with Gasteiger partial charge in [0.2, 0.25) is 0 Å². The highest BCUT2D eigenvalue weighted by molar-refractivity contribution is 6.06. The normalized spacial score (nSPS) is 12.5. The molecule has 108 valence electrons. The summed E-state index contributed by atoms with van der Waals surface area (Å²) < 4.78 is 1.81. The molecule has 0 aliphatic rings. The molecule has 0 fully saturated rings. The number of aromatic amines is 1. The molecule has 21 heavy (non-hydrogen) atoms. The molecule has 1 amide bonds. The Balaban J connectivity index is 1.86. The second kappa shape index (κ2) is 5.09. The number of nitrogens with one attached hydrogen (secondary N) is 2. The predicted molar refractivity (Wildman–Crippen MR) is 82.1 cm³/mol. The number of H-pyrrole nitrogens is 1. The van der Waals surface area contributed by atoms with E-state index in [9.17, 15) is 4.79 Å². The van der Waals surface area contributed by atoms with Crippen LogP contribution in [0, 0.1) is 6.92 Å². The Labute approximate surface area is 123 Å². The lowest BCUT2D eigenvalue weighted by atomic mass is 10.1. The van der Waals surface area contributed by atoms with Gasteiger partial charge in [-0.05, 0) is 32.0 Å². The summed E-state index contributed by atoms with van der Waals surface area (Å²) in [4.78, 5) is 15.6. The molecule has 2 aromatic heterocycles. The molecule has 1 aromatic carbocycles. The second-order valence-corrected chi connectivity index (χ2v) is 5.25. The van der Waals surface area contributed by atoms with Crippen LogP contribution in [-0.2, 0) is 7.05 Å². The summed E-state index contributed by atoms with van der Waals surface area (Å²) >= 11 is 0. The number of fused-ring (bicyclic) bond motifs is 1. The highest BCUT2D eigenvalue weighted by Gasteiger charge is 2.17. The summed E-state index contributed by atoms with van der Waals surface area (Å²) in [5.41, 5.74) is 3.74. The molecule has 5 nitrogen and oxygen atoms in total. The molecule has 0 bridgehead atoms. The zero-order valence-electron chi connectivity index (χ0n) is 12.3. The number of hydrogen-bond donors (Lipinski definition) is 2. The Morgan fingerprint density at radius 3 is 2.90 bits per heavy atom. The van der Waals surface area contributed by atoms with E-state index in [0.29, 0.717) is 5.56 Å². The number of hydrogen-bond acceptors (Lipinski definition) is 2. The first-order valence-electron chi connectivity index (χ1n) is 6.93. The fourth-order valence-electron chi connectivity index (χ4n) is 2.58. The second-order valence-electron chi connectivity index (χ2n) is 5.25. The van der Waals surface area contributed by atoms with Crippen LogP contribution in [-0.4, -0.2) is 20.7 Å². The molecule has 5 heteroatoms. The lowest BCUT2D eigenvalue weighted by Crippen LogP contribution is -2.27. The SMILES string of the molecule is Cc1c(C(C)NC(=O)c2cccc3[nH]ccc23)cnn1C. The van der Waals surface area contributed by atoms with E-state index in [4.69, 9.17) is 0 Å². The van der Waals surface area contributed by atoms with Crippen molar-refractivity contribution in [3.63, 3.8) is 0 Å². The summed E-state index contributed by atoms with van der Waals surface area (Å²) in [5, 5.41) is 8.20.